The van der Waals surface area contributed by atoms with Crippen molar-refractivity contribution in [2.45, 2.75) is 40.0 Å². The van der Waals surface area contributed by atoms with Crippen molar-refractivity contribution in [3.05, 3.63) is 11.1 Å². The minimum Gasteiger partial charge on any atom is -0.375 e. The SMILES string of the molecule is CC(C)=C1CCC(C)C/C1=N/NC(N)=S. The van der Waals surface area contributed by atoms with Gasteiger partial charge in [0.05, 0.1) is 5.71 Å². The van der Waals surface area contributed by atoms with Crippen molar-refractivity contribution in [3.63, 3.8) is 0 Å². The fourth-order valence-electron chi connectivity index (χ4n) is 1.86. The van der Waals surface area contributed by atoms with Crippen LogP contribution in [0.15, 0.2) is 16.2 Å². The number of thiocarbonyl (C=S) groups is 1. The summed E-state index contributed by atoms with van der Waals surface area (Å²) in [5.41, 5.74) is 11.9. The molecule has 0 aromatic heterocycles. The third-order valence-electron chi connectivity index (χ3n) is 2.68. The van der Waals surface area contributed by atoms with E-state index < -0.39 is 0 Å². The lowest BCUT2D eigenvalue weighted by atomic mass is 9.84. The van der Waals surface area contributed by atoms with Crippen LogP contribution < -0.4 is 11.2 Å². The van der Waals surface area contributed by atoms with Gasteiger partial charge >= 0.3 is 0 Å². The molecule has 4 heteroatoms. The molecule has 1 unspecified atom stereocenters. The summed E-state index contributed by atoms with van der Waals surface area (Å²) in [6.07, 6.45) is 3.37. The topological polar surface area (TPSA) is 50.4 Å². The molecule has 0 heterocycles. The van der Waals surface area contributed by atoms with Crippen LogP contribution in [0.1, 0.15) is 40.0 Å². The maximum absolute atomic E-state index is 5.36. The normalized spacial score (nSPS) is 24.1. The van der Waals surface area contributed by atoms with Crippen molar-refractivity contribution in [2.75, 3.05) is 0 Å². The van der Waals surface area contributed by atoms with Crippen LogP contribution in [-0.2, 0) is 0 Å². The van der Waals surface area contributed by atoms with Crippen LogP contribution in [0.5, 0.6) is 0 Å². The van der Waals surface area contributed by atoms with E-state index in [9.17, 15) is 0 Å². The second-order valence-electron chi connectivity index (χ2n) is 4.36. The van der Waals surface area contributed by atoms with E-state index in [0.717, 1.165) is 18.6 Å². The molecule has 0 amide bonds. The molecule has 1 saturated carbocycles. The van der Waals surface area contributed by atoms with Crippen LogP contribution in [0.25, 0.3) is 0 Å². The van der Waals surface area contributed by atoms with Gasteiger partial charge in [-0.1, -0.05) is 12.5 Å². The Morgan fingerprint density at radius 3 is 2.73 bits per heavy atom. The quantitative estimate of drug-likeness (QED) is 0.532. The smallest absolute Gasteiger partial charge is 0.184 e. The highest BCUT2D eigenvalue weighted by molar-refractivity contribution is 7.80. The zero-order chi connectivity index (χ0) is 11.4. The van der Waals surface area contributed by atoms with Gasteiger partial charge in [0.25, 0.3) is 0 Å². The standard InChI is InChI=1S/C11H19N3S/c1-7(2)9-5-4-8(3)6-10(9)13-14-11(12)15/h8H,4-6H2,1-3H3,(H3,12,14,15)/b13-10-. The molecule has 1 aliphatic carbocycles. The Bertz CT molecular complexity index is 314. The lowest BCUT2D eigenvalue weighted by molar-refractivity contribution is 0.531. The van der Waals surface area contributed by atoms with Gasteiger partial charge in [0.1, 0.15) is 0 Å². The van der Waals surface area contributed by atoms with Crippen LogP contribution in [0, 0.1) is 5.92 Å². The number of allylic oxidation sites excluding steroid dienone is 2. The monoisotopic (exact) mass is 225 g/mol. The number of hydrogen-bond acceptors (Lipinski definition) is 2. The van der Waals surface area contributed by atoms with Gasteiger partial charge in [-0.15, -0.1) is 0 Å². The van der Waals surface area contributed by atoms with E-state index in [4.69, 9.17) is 18.0 Å². The van der Waals surface area contributed by atoms with Gasteiger partial charge < -0.3 is 5.73 Å². The second kappa shape index (κ2) is 5.26. The summed E-state index contributed by atoms with van der Waals surface area (Å²) in [5.74, 6) is 0.694. The van der Waals surface area contributed by atoms with Crippen LogP contribution >= 0.6 is 12.2 Å². The molecule has 84 valence electrons. The van der Waals surface area contributed by atoms with Crippen molar-refractivity contribution in [3.8, 4) is 0 Å². The van der Waals surface area contributed by atoms with E-state index in [-0.39, 0.29) is 5.11 Å². The largest absolute Gasteiger partial charge is 0.375 e. The molecule has 1 atom stereocenters. The maximum Gasteiger partial charge on any atom is 0.184 e. The Kier molecular flexibility index (Phi) is 4.27. The maximum atomic E-state index is 5.36. The van der Waals surface area contributed by atoms with Gasteiger partial charge in [-0.2, -0.15) is 5.10 Å². The molecule has 1 aliphatic rings. The molecule has 0 saturated heterocycles. The molecule has 0 aliphatic heterocycles. The highest BCUT2D eigenvalue weighted by Gasteiger charge is 2.19. The first-order valence-corrected chi connectivity index (χ1v) is 5.70. The number of nitrogens with two attached hydrogens (primary N) is 1. The molecule has 15 heavy (non-hydrogen) atoms. The van der Waals surface area contributed by atoms with E-state index in [1.165, 1.54) is 17.6 Å². The van der Waals surface area contributed by atoms with Crippen molar-refractivity contribution in [2.24, 2.45) is 16.8 Å². The number of nitrogens with zero attached hydrogens (tertiary/aromatic N) is 1. The van der Waals surface area contributed by atoms with Gasteiger partial charge in [-0.3, -0.25) is 5.43 Å². The van der Waals surface area contributed by atoms with Gasteiger partial charge in [-0.05, 0) is 56.8 Å². The third-order valence-corrected chi connectivity index (χ3v) is 2.77. The lowest BCUT2D eigenvalue weighted by Crippen LogP contribution is -2.27. The molecule has 0 bridgehead atoms. The molecule has 1 rings (SSSR count). The Hall–Kier alpha value is -0.900. The molecule has 0 radical (unpaired) electrons. The predicted octanol–water partition coefficient (Wildman–Crippen LogP) is 2.33. The van der Waals surface area contributed by atoms with Crippen molar-refractivity contribution in [1.29, 1.82) is 0 Å². The first-order valence-electron chi connectivity index (χ1n) is 5.29. The Labute approximate surface area is 96.8 Å². The van der Waals surface area contributed by atoms with Crippen LogP contribution in [-0.4, -0.2) is 10.8 Å². The minimum absolute atomic E-state index is 0.230. The first-order chi connectivity index (χ1) is 7.00. The van der Waals surface area contributed by atoms with E-state index in [2.05, 4.69) is 31.3 Å². The summed E-state index contributed by atoms with van der Waals surface area (Å²) in [7, 11) is 0. The summed E-state index contributed by atoms with van der Waals surface area (Å²) in [6, 6.07) is 0. The van der Waals surface area contributed by atoms with Gasteiger partial charge in [0, 0.05) is 0 Å². The molecular formula is C11H19N3S. The van der Waals surface area contributed by atoms with Gasteiger partial charge in [0.2, 0.25) is 0 Å². The summed E-state index contributed by atoms with van der Waals surface area (Å²) in [5, 5.41) is 4.51. The van der Waals surface area contributed by atoms with E-state index >= 15 is 0 Å². The highest BCUT2D eigenvalue weighted by atomic mass is 32.1. The second-order valence-corrected chi connectivity index (χ2v) is 4.80. The molecular weight excluding hydrogens is 206 g/mol. The molecule has 0 spiro atoms. The van der Waals surface area contributed by atoms with E-state index in [1.807, 2.05) is 0 Å². The molecule has 3 nitrogen and oxygen atoms in total. The number of hydrazone groups is 1. The van der Waals surface area contributed by atoms with Gasteiger partial charge in [0.15, 0.2) is 5.11 Å². The van der Waals surface area contributed by atoms with Crippen molar-refractivity contribution in [1.82, 2.24) is 5.43 Å². The molecule has 3 N–H and O–H groups in total. The average Bonchev–Trinajstić information content (AvgIpc) is 2.14. The fraction of sp³-hybridized carbons (Fsp3) is 0.636. The van der Waals surface area contributed by atoms with Gasteiger partial charge in [-0.25, -0.2) is 0 Å². The van der Waals surface area contributed by atoms with E-state index in [1.54, 1.807) is 0 Å². The Morgan fingerprint density at radius 1 is 1.53 bits per heavy atom. The van der Waals surface area contributed by atoms with Crippen LogP contribution in [0.3, 0.4) is 0 Å². The zero-order valence-corrected chi connectivity index (χ0v) is 10.4. The number of hydrogen-bond donors (Lipinski definition) is 2. The Balaban J connectivity index is 2.84. The predicted molar refractivity (Wildman–Crippen MR) is 68.7 cm³/mol. The van der Waals surface area contributed by atoms with Crippen LogP contribution in [0.2, 0.25) is 0 Å². The van der Waals surface area contributed by atoms with Crippen LogP contribution in [0.4, 0.5) is 0 Å². The summed E-state index contributed by atoms with van der Waals surface area (Å²) in [4.78, 5) is 0. The first kappa shape index (κ1) is 12.2. The number of nitrogens with one attached hydrogen (secondary N) is 1. The summed E-state index contributed by atoms with van der Waals surface area (Å²) in [6.45, 7) is 6.50. The molecule has 0 aromatic rings. The van der Waals surface area contributed by atoms with E-state index in [0.29, 0.717) is 5.92 Å². The zero-order valence-electron chi connectivity index (χ0n) is 9.63. The highest BCUT2D eigenvalue weighted by Crippen LogP contribution is 2.27. The Morgan fingerprint density at radius 2 is 2.20 bits per heavy atom. The third kappa shape index (κ3) is 3.63. The molecule has 0 aromatic carbocycles. The number of rotatable bonds is 1. The van der Waals surface area contributed by atoms with Crippen molar-refractivity contribution >= 4 is 23.0 Å². The molecule has 1 fully saturated rings. The lowest BCUT2D eigenvalue weighted by Gasteiger charge is -2.23. The van der Waals surface area contributed by atoms with Crippen molar-refractivity contribution < 1.29 is 0 Å². The summed E-state index contributed by atoms with van der Waals surface area (Å²) < 4.78 is 0. The minimum atomic E-state index is 0.230. The average molecular weight is 225 g/mol. The fourth-order valence-corrected chi connectivity index (χ4v) is 1.91. The summed E-state index contributed by atoms with van der Waals surface area (Å²) >= 11 is 4.74.